The number of hydrogen-bond donors (Lipinski definition) is 1. The highest BCUT2D eigenvalue weighted by Crippen LogP contribution is 2.22. The van der Waals surface area contributed by atoms with Gasteiger partial charge in [0.05, 0.1) is 6.61 Å². The van der Waals surface area contributed by atoms with E-state index in [0.29, 0.717) is 17.1 Å². The van der Waals surface area contributed by atoms with Crippen molar-refractivity contribution in [1.29, 1.82) is 0 Å². The molecule has 0 spiro atoms. The molecule has 0 aliphatic rings. The molecule has 0 aliphatic carbocycles. The summed E-state index contributed by atoms with van der Waals surface area (Å²) >= 11 is 0. The van der Waals surface area contributed by atoms with Gasteiger partial charge in [0, 0.05) is 5.56 Å². The smallest absolute Gasteiger partial charge is 0.150 e. The summed E-state index contributed by atoms with van der Waals surface area (Å²) in [7, 11) is 0. The van der Waals surface area contributed by atoms with Gasteiger partial charge >= 0.3 is 0 Å². The first kappa shape index (κ1) is 11.4. The summed E-state index contributed by atoms with van der Waals surface area (Å²) in [5.74, 6) is 1.24. The molecule has 0 amide bonds. The number of benzene rings is 2. The molecule has 0 bridgehead atoms. The van der Waals surface area contributed by atoms with Crippen molar-refractivity contribution in [3.8, 4) is 11.5 Å². The molecular weight excluding hydrogens is 216 g/mol. The molecule has 2 aromatic carbocycles. The molecule has 0 radical (unpaired) electrons. The molecule has 1 N–H and O–H groups in total. The van der Waals surface area contributed by atoms with Gasteiger partial charge in [0.15, 0.2) is 0 Å². The van der Waals surface area contributed by atoms with Gasteiger partial charge in [-0.05, 0) is 29.8 Å². The molecule has 0 saturated heterocycles. The van der Waals surface area contributed by atoms with Gasteiger partial charge in [0.2, 0.25) is 0 Å². The van der Waals surface area contributed by atoms with Crippen LogP contribution in [-0.4, -0.2) is 11.4 Å². The van der Waals surface area contributed by atoms with E-state index in [1.807, 2.05) is 12.1 Å². The van der Waals surface area contributed by atoms with Crippen LogP contribution in [0.3, 0.4) is 0 Å². The second-order valence-electron chi connectivity index (χ2n) is 3.60. The number of carbonyl (C=O) groups excluding carboxylic acids is 1. The highest BCUT2D eigenvalue weighted by atomic mass is 16.5. The third-order valence-electron chi connectivity index (χ3n) is 2.31. The lowest BCUT2D eigenvalue weighted by molar-refractivity contribution is 0.112. The second-order valence-corrected chi connectivity index (χ2v) is 3.60. The molecule has 0 heterocycles. The van der Waals surface area contributed by atoms with Crippen molar-refractivity contribution in [3.63, 3.8) is 0 Å². The van der Waals surface area contributed by atoms with Crippen molar-refractivity contribution < 1.29 is 14.6 Å². The van der Waals surface area contributed by atoms with Crippen LogP contribution in [0.25, 0.3) is 0 Å². The SMILES string of the molecule is O=Cc1cccc(Oc2cccc(CO)c2)c1. The molecule has 0 fully saturated rings. The van der Waals surface area contributed by atoms with Gasteiger partial charge in [0.1, 0.15) is 17.8 Å². The van der Waals surface area contributed by atoms with Gasteiger partial charge in [-0.25, -0.2) is 0 Å². The Kier molecular flexibility index (Phi) is 3.52. The molecule has 17 heavy (non-hydrogen) atoms. The van der Waals surface area contributed by atoms with E-state index < -0.39 is 0 Å². The maximum atomic E-state index is 10.6. The second kappa shape index (κ2) is 5.27. The Bertz CT molecular complexity index is 520. The summed E-state index contributed by atoms with van der Waals surface area (Å²) in [6.45, 7) is -0.0222. The van der Waals surface area contributed by atoms with Crippen molar-refractivity contribution in [3.05, 3.63) is 59.7 Å². The summed E-state index contributed by atoms with van der Waals surface area (Å²) in [4.78, 5) is 10.6. The zero-order valence-corrected chi connectivity index (χ0v) is 9.17. The quantitative estimate of drug-likeness (QED) is 0.818. The van der Waals surface area contributed by atoms with Gasteiger partial charge in [-0.15, -0.1) is 0 Å². The number of aliphatic hydroxyl groups is 1. The van der Waals surface area contributed by atoms with Crippen molar-refractivity contribution in [2.75, 3.05) is 0 Å². The Hall–Kier alpha value is -2.13. The predicted molar refractivity (Wildman–Crippen MR) is 64.3 cm³/mol. The molecule has 2 aromatic rings. The first-order chi connectivity index (χ1) is 8.31. The molecular formula is C14H12O3. The van der Waals surface area contributed by atoms with Crippen LogP contribution in [0.1, 0.15) is 15.9 Å². The Morgan fingerprint density at radius 3 is 2.47 bits per heavy atom. The number of aldehydes is 1. The van der Waals surface area contributed by atoms with Crippen LogP contribution in [0.15, 0.2) is 48.5 Å². The number of aliphatic hydroxyl groups excluding tert-OH is 1. The summed E-state index contributed by atoms with van der Waals surface area (Å²) in [5.41, 5.74) is 1.36. The lowest BCUT2D eigenvalue weighted by atomic mass is 10.2. The minimum atomic E-state index is -0.0222. The average Bonchev–Trinajstić information content (AvgIpc) is 2.39. The molecule has 3 nitrogen and oxygen atoms in total. The highest BCUT2D eigenvalue weighted by Gasteiger charge is 1.99. The standard InChI is InChI=1S/C14H12O3/c15-9-11-3-1-5-13(7-11)17-14-6-2-4-12(8-14)10-16/h1-9,16H,10H2. The fourth-order valence-electron chi connectivity index (χ4n) is 1.49. The van der Waals surface area contributed by atoms with Gasteiger partial charge in [-0.2, -0.15) is 0 Å². The highest BCUT2D eigenvalue weighted by molar-refractivity contribution is 5.75. The molecule has 0 atom stereocenters. The lowest BCUT2D eigenvalue weighted by Gasteiger charge is -2.07. The first-order valence-corrected chi connectivity index (χ1v) is 5.25. The van der Waals surface area contributed by atoms with E-state index in [0.717, 1.165) is 11.8 Å². The maximum Gasteiger partial charge on any atom is 0.150 e. The zero-order valence-electron chi connectivity index (χ0n) is 9.17. The van der Waals surface area contributed by atoms with Crippen LogP contribution in [0, 0.1) is 0 Å². The molecule has 0 unspecified atom stereocenters. The molecule has 0 aliphatic heterocycles. The van der Waals surface area contributed by atoms with Gasteiger partial charge in [-0.1, -0.05) is 24.3 Å². The predicted octanol–water partition coefficient (Wildman–Crippen LogP) is 2.78. The minimum absolute atomic E-state index is 0.0222. The van der Waals surface area contributed by atoms with E-state index in [-0.39, 0.29) is 6.61 Å². The van der Waals surface area contributed by atoms with Crippen LogP contribution < -0.4 is 4.74 Å². The topological polar surface area (TPSA) is 46.5 Å². The molecule has 0 aromatic heterocycles. The van der Waals surface area contributed by atoms with Crippen LogP contribution in [0.5, 0.6) is 11.5 Å². The van der Waals surface area contributed by atoms with E-state index in [1.54, 1.807) is 36.4 Å². The fourth-order valence-corrected chi connectivity index (χ4v) is 1.49. The van der Waals surface area contributed by atoms with Crippen molar-refractivity contribution >= 4 is 6.29 Å². The van der Waals surface area contributed by atoms with Gasteiger partial charge < -0.3 is 9.84 Å². The van der Waals surface area contributed by atoms with E-state index in [2.05, 4.69) is 0 Å². The number of rotatable bonds is 4. The Labute approximate surface area is 99.3 Å². The number of ether oxygens (including phenoxy) is 1. The van der Waals surface area contributed by atoms with Crippen LogP contribution >= 0.6 is 0 Å². The fraction of sp³-hybridized carbons (Fsp3) is 0.0714. The van der Waals surface area contributed by atoms with Crippen molar-refractivity contribution in [2.24, 2.45) is 0 Å². The average molecular weight is 228 g/mol. The third-order valence-corrected chi connectivity index (χ3v) is 2.31. The number of carbonyl (C=O) groups is 1. The normalized spacial score (nSPS) is 9.94. The first-order valence-electron chi connectivity index (χ1n) is 5.25. The Morgan fingerprint density at radius 1 is 1.06 bits per heavy atom. The molecule has 86 valence electrons. The van der Waals surface area contributed by atoms with Crippen LogP contribution in [0.4, 0.5) is 0 Å². The Balaban J connectivity index is 2.21. The molecule has 2 rings (SSSR count). The van der Waals surface area contributed by atoms with Gasteiger partial charge in [-0.3, -0.25) is 4.79 Å². The lowest BCUT2D eigenvalue weighted by Crippen LogP contribution is -1.88. The van der Waals surface area contributed by atoms with E-state index >= 15 is 0 Å². The largest absolute Gasteiger partial charge is 0.457 e. The molecule has 0 saturated carbocycles. The van der Waals surface area contributed by atoms with E-state index in [4.69, 9.17) is 9.84 Å². The summed E-state index contributed by atoms with van der Waals surface area (Å²) < 4.78 is 5.59. The maximum absolute atomic E-state index is 10.6. The van der Waals surface area contributed by atoms with E-state index in [1.165, 1.54) is 0 Å². The van der Waals surface area contributed by atoms with Crippen LogP contribution in [0.2, 0.25) is 0 Å². The summed E-state index contributed by atoms with van der Waals surface area (Å²) in [6, 6.07) is 14.1. The third kappa shape index (κ3) is 2.92. The summed E-state index contributed by atoms with van der Waals surface area (Å²) in [6.07, 6.45) is 0.775. The Morgan fingerprint density at radius 2 is 1.76 bits per heavy atom. The number of hydrogen-bond acceptors (Lipinski definition) is 3. The summed E-state index contributed by atoms with van der Waals surface area (Å²) in [5, 5.41) is 9.01. The van der Waals surface area contributed by atoms with Crippen molar-refractivity contribution in [1.82, 2.24) is 0 Å². The monoisotopic (exact) mass is 228 g/mol. The van der Waals surface area contributed by atoms with Gasteiger partial charge in [0.25, 0.3) is 0 Å². The minimum Gasteiger partial charge on any atom is -0.457 e. The van der Waals surface area contributed by atoms with Crippen molar-refractivity contribution in [2.45, 2.75) is 6.61 Å². The molecule has 3 heteroatoms. The van der Waals surface area contributed by atoms with E-state index in [9.17, 15) is 4.79 Å². The van der Waals surface area contributed by atoms with Crippen LogP contribution in [-0.2, 0) is 6.61 Å². The zero-order chi connectivity index (χ0) is 12.1.